The van der Waals surface area contributed by atoms with Crippen LogP contribution in [0.4, 0.5) is 5.69 Å². The molecule has 1 aliphatic rings. The molecule has 7 heteroatoms. The van der Waals surface area contributed by atoms with Crippen molar-refractivity contribution >= 4 is 29.1 Å². The van der Waals surface area contributed by atoms with Gasteiger partial charge in [0.15, 0.2) is 17.5 Å². The molecule has 0 radical (unpaired) electrons. The van der Waals surface area contributed by atoms with E-state index in [4.69, 9.17) is 4.74 Å². The molecule has 1 unspecified atom stereocenters. The second-order valence-electron chi connectivity index (χ2n) is 6.71. The van der Waals surface area contributed by atoms with Crippen LogP contribution in [0.1, 0.15) is 24.2 Å². The lowest BCUT2D eigenvalue weighted by Crippen LogP contribution is -2.25. The van der Waals surface area contributed by atoms with Crippen molar-refractivity contribution in [3.05, 3.63) is 60.3 Å². The van der Waals surface area contributed by atoms with Gasteiger partial charge in [-0.25, -0.2) is 4.98 Å². The van der Waals surface area contributed by atoms with E-state index in [2.05, 4.69) is 33.9 Å². The number of imidazole rings is 1. The van der Waals surface area contributed by atoms with E-state index in [1.165, 1.54) is 11.8 Å². The number of rotatable bonds is 6. The van der Waals surface area contributed by atoms with Gasteiger partial charge in [0.1, 0.15) is 5.75 Å². The van der Waals surface area contributed by atoms with Gasteiger partial charge in [-0.05, 0) is 37.6 Å². The van der Waals surface area contributed by atoms with Gasteiger partial charge < -0.3 is 14.6 Å². The molecule has 148 valence electrons. The summed E-state index contributed by atoms with van der Waals surface area (Å²) in [6.45, 7) is 4.70. The van der Waals surface area contributed by atoms with Gasteiger partial charge in [-0.15, -0.1) is 0 Å². The second-order valence-corrected chi connectivity index (χ2v) is 8.02. The summed E-state index contributed by atoms with van der Waals surface area (Å²) >= 11 is 1.43. The minimum Gasteiger partial charge on any atom is -0.482 e. The summed E-state index contributed by atoms with van der Waals surface area (Å²) in [4.78, 5) is 29.1. The van der Waals surface area contributed by atoms with Crippen LogP contribution in [0.2, 0.25) is 0 Å². The van der Waals surface area contributed by atoms with E-state index in [9.17, 15) is 9.59 Å². The third kappa shape index (κ3) is 3.91. The molecule has 0 saturated carbocycles. The molecule has 2 aromatic carbocycles. The molecule has 0 saturated heterocycles. The predicted molar refractivity (Wildman–Crippen MR) is 114 cm³/mol. The molecule has 2 heterocycles. The van der Waals surface area contributed by atoms with Crippen molar-refractivity contribution in [1.29, 1.82) is 0 Å². The summed E-state index contributed by atoms with van der Waals surface area (Å²) in [6, 6.07) is 15.2. The van der Waals surface area contributed by atoms with Crippen molar-refractivity contribution in [3.8, 4) is 17.0 Å². The van der Waals surface area contributed by atoms with Crippen LogP contribution in [0.15, 0.2) is 59.9 Å². The van der Waals surface area contributed by atoms with Gasteiger partial charge in [-0.3, -0.25) is 9.59 Å². The van der Waals surface area contributed by atoms with Crippen LogP contribution in [-0.4, -0.2) is 33.1 Å². The van der Waals surface area contributed by atoms with Gasteiger partial charge in [0, 0.05) is 12.1 Å². The molecule has 3 aromatic rings. The molecule has 1 aliphatic heterocycles. The maximum atomic E-state index is 13.0. The Hall–Kier alpha value is -3.06. The number of ketones is 1. The molecule has 1 amide bonds. The van der Waals surface area contributed by atoms with E-state index in [0.717, 1.165) is 23.0 Å². The van der Waals surface area contributed by atoms with Gasteiger partial charge in [-0.1, -0.05) is 42.1 Å². The number of thioether (sulfide) groups is 1. The van der Waals surface area contributed by atoms with Crippen LogP contribution in [-0.2, 0) is 11.3 Å². The maximum Gasteiger partial charge on any atom is 0.262 e. The summed E-state index contributed by atoms with van der Waals surface area (Å²) < 4.78 is 7.48. The Balaban J connectivity index is 1.55. The Morgan fingerprint density at radius 3 is 2.83 bits per heavy atom. The zero-order valence-corrected chi connectivity index (χ0v) is 17.0. The Bertz CT molecular complexity index is 1060. The Kier molecular flexibility index (Phi) is 5.40. The van der Waals surface area contributed by atoms with Gasteiger partial charge >= 0.3 is 0 Å². The largest absolute Gasteiger partial charge is 0.482 e. The van der Waals surface area contributed by atoms with E-state index >= 15 is 0 Å². The molecule has 6 nitrogen and oxygen atoms in total. The fourth-order valence-corrected chi connectivity index (χ4v) is 4.31. The molecule has 0 fully saturated rings. The van der Waals surface area contributed by atoms with Crippen molar-refractivity contribution in [2.24, 2.45) is 0 Å². The number of hydrogen-bond acceptors (Lipinski definition) is 5. The highest BCUT2D eigenvalue weighted by Gasteiger charge is 2.23. The van der Waals surface area contributed by atoms with Crippen LogP contribution < -0.4 is 10.1 Å². The first-order valence-electron chi connectivity index (χ1n) is 9.45. The average molecular weight is 407 g/mol. The average Bonchev–Trinajstić information content (AvgIpc) is 3.15. The number of ether oxygens (including phenoxy) is 1. The molecule has 1 N–H and O–H groups in total. The van der Waals surface area contributed by atoms with E-state index in [0.29, 0.717) is 17.0 Å². The summed E-state index contributed by atoms with van der Waals surface area (Å²) in [6.07, 6.45) is 1.85. The van der Waals surface area contributed by atoms with E-state index < -0.39 is 0 Å². The third-order valence-electron chi connectivity index (χ3n) is 4.75. The molecule has 0 aliphatic carbocycles. The standard InChI is InChI=1S/C22H21N3O3S/c1-3-25-18(15-7-5-4-6-8-15)12-23-22(25)29-14(2)21(27)16-9-10-19-17(11-16)24-20(26)13-28-19/h4-12,14H,3,13H2,1-2H3,(H,24,26). The number of Topliss-reactive ketones (excluding diaryl/α,β-unsaturated/α-hetero) is 1. The molecule has 0 bridgehead atoms. The lowest BCUT2D eigenvalue weighted by atomic mass is 10.1. The molecule has 0 spiro atoms. The smallest absolute Gasteiger partial charge is 0.262 e. The summed E-state index contributed by atoms with van der Waals surface area (Å²) in [7, 11) is 0. The molecule has 29 heavy (non-hydrogen) atoms. The molecule has 4 rings (SSSR count). The van der Waals surface area contributed by atoms with Crippen LogP contribution in [0.3, 0.4) is 0 Å². The number of fused-ring (bicyclic) bond motifs is 1. The summed E-state index contributed by atoms with van der Waals surface area (Å²) in [5, 5.41) is 3.22. The number of nitrogens with zero attached hydrogens (tertiary/aromatic N) is 2. The number of carbonyl (C=O) groups excluding carboxylic acids is 2. The summed E-state index contributed by atoms with van der Waals surface area (Å²) in [5.41, 5.74) is 3.19. The summed E-state index contributed by atoms with van der Waals surface area (Å²) in [5.74, 6) is 0.336. The number of hydrogen-bond donors (Lipinski definition) is 1. The lowest BCUT2D eigenvalue weighted by Gasteiger charge is -2.19. The maximum absolute atomic E-state index is 13.0. The number of nitrogens with one attached hydrogen (secondary N) is 1. The normalized spacial score (nSPS) is 13.9. The van der Waals surface area contributed by atoms with Crippen molar-refractivity contribution in [1.82, 2.24) is 9.55 Å². The van der Waals surface area contributed by atoms with Crippen LogP contribution >= 0.6 is 11.8 Å². The topological polar surface area (TPSA) is 73.2 Å². The zero-order valence-electron chi connectivity index (χ0n) is 16.2. The van der Waals surface area contributed by atoms with E-state index in [1.807, 2.05) is 31.3 Å². The highest BCUT2D eigenvalue weighted by molar-refractivity contribution is 8.00. The van der Waals surface area contributed by atoms with Crippen molar-refractivity contribution < 1.29 is 14.3 Å². The van der Waals surface area contributed by atoms with Gasteiger partial charge in [0.25, 0.3) is 5.91 Å². The molecule has 1 atom stereocenters. The van der Waals surface area contributed by atoms with Crippen LogP contribution in [0.25, 0.3) is 11.3 Å². The number of benzene rings is 2. The zero-order chi connectivity index (χ0) is 20.4. The fraction of sp³-hybridized carbons (Fsp3) is 0.227. The Morgan fingerprint density at radius 2 is 2.07 bits per heavy atom. The van der Waals surface area contributed by atoms with Crippen molar-refractivity contribution in [2.45, 2.75) is 30.8 Å². The number of carbonyl (C=O) groups is 2. The highest BCUT2D eigenvalue weighted by atomic mass is 32.2. The minimum absolute atomic E-state index is 0.00400. The van der Waals surface area contributed by atoms with Crippen molar-refractivity contribution in [3.63, 3.8) is 0 Å². The first-order chi connectivity index (χ1) is 14.1. The van der Waals surface area contributed by atoms with Gasteiger partial charge in [0.2, 0.25) is 0 Å². The quantitative estimate of drug-likeness (QED) is 0.488. The highest BCUT2D eigenvalue weighted by Crippen LogP contribution is 2.32. The van der Waals surface area contributed by atoms with Crippen molar-refractivity contribution in [2.75, 3.05) is 11.9 Å². The molecular weight excluding hydrogens is 386 g/mol. The van der Waals surface area contributed by atoms with E-state index in [-0.39, 0.29) is 23.5 Å². The minimum atomic E-state index is -0.329. The Morgan fingerprint density at radius 1 is 1.28 bits per heavy atom. The van der Waals surface area contributed by atoms with Crippen LogP contribution in [0.5, 0.6) is 5.75 Å². The third-order valence-corrected chi connectivity index (χ3v) is 5.86. The monoisotopic (exact) mass is 407 g/mol. The molecular formula is C22H21N3O3S. The number of amides is 1. The SMILES string of the molecule is CCn1c(-c2ccccc2)cnc1SC(C)C(=O)c1ccc2c(c1)NC(=O)CO2. The van der Waals surface area contributed by atoms with Gasteiger partial charge in [-0.2, -0.15) is 0 Å². The number of aromatic nitrogens is 2. The first-order valence-corrected chi connectivity index (χ1v) is 10.3. The Labute approximate surface area is 173 Å². The fourth-order valence-electron chi connectivity index (χ4n) is 3.28. The second kappa shape index (κ2) is 8.13. The number of anilines is 1. The lowest BCUT2D eigenvalue weighted by molar-refractivity contribution is -0.118. The van der Waals surface area contributed by atoms with Crippen LogP contribution in [0, 0.1) is 0 Å². The van der Waals surface area contributed by atoms with E-state index in [1.54, 1.807) is 18.2 Å². The molecule has 1 aromatic heterocycles. The predicted octanol–water partition coefficient (Wildman–Crippen LogP) is 4.26. The van der Waals surface area contributed by atoms with Gasteiger partial charge in [0.05, 0.1) is 22.8 Å². The first kappa shape index (κ1) is 19.3.